The Balaban J connectivity index is 1.55. The fraction of sp³-hybridized carbons (Fsp3) is 0.143. The Kier molecular flexibility index (Phi) is 6.30. The van der Waals surface area contributed by atoms with Crippen LogP contribution in [0.25, 0.3) is 0 Å². The van der Waals surface area contributed by atoms with Gasteiger partial charge in [-0.05, 0) is 42.3 Å². The molecule has 0 aliphatic rings. The van der Waals surface area contributed by atoms with Gasteiger partial charge in [-0.2, -0.15) is 0 Å². The Morgan fingerprint density at radius 3 is 2.39 bits per heavy atom. The first-order chi connectivity index (χ1) is 13.6. The highest BCUT2D eigenvalue weighted by Gasteiger charge is 2.07. The maximum Gasteiger partial charge on any atom is 0.337 e. The monoisotopic (exact) mass is 376 g/mol. The summed E-state index contributed by atoms with van der Waals surface area (Å²) >= 11 is 0. The van der Waals surface area contributed by atoms with Gasteiger partial charge in [-0.15, -0.1) is 10.2 Å². The van der Waals surface area contributed by atoms with Crippen LogP contribution in [0.3, 0.4) is 0 Å². The SMILES string of the molecule is COC(=O)c1cccc(Nc2ccc(NC(=O)CCc3ccccc3)nn2)c1. The van der Waals surface area contributed by atoms with E-state index in [1.165, 1.54) is 7.11 Å². The van der Waals surface area contributed by atoms with Crippen molar-refractivity contribution in [2.75, 3.05) is 17.7 Å². The molecule has 0 bridgehead atoms. The van der Waals surface area contributed by atoms with Crippen LogP contribution in [-0.2, 0) is 16.0 Å². The molecule has 7 heteroatoms. The maximum absolute atomic E-state index is 12.1. The van der Waals surface area contributed by atoms with Crippen molar-refractivity contribution in [3.8, 4) is 0 Å². The molecule has 2 N–H and O–H groups in total. The number of aromatic nitrogens is 2. The molecule has 142 valence electrons. The maximum atomic E-state index is 12.1. The highest BCUT2D eigenvalue weighted by molar-refractivity contribution is 5.91. The number of hydrogen-bond donors (Lipinski definition) is 2. The van der Waals surface area contributed by atoms with E-state index in [1.807, 2.05) is 30.3 Å². The molecule has 0 unspecified atom stereocenters. The van der Waals surface area contributed by atoms with E-state index >= 15 is 0 Å². The molecule has 3 aromatic rings. The fourth-order valence-corrected chi connectivity index (χ4v) is 2.56. The lowest BCUT2D eigenvalue weighted by molar-refractivity contribution is -0.116. The first-order valence-corrected chi connectivity index (χ1v) is 8.77. The molecule has 3 rings (SSSR count). The lowest BCUT2D eigenvalue weighted by atomic mass is 10.1. The minimum absolute atomic E-state index is 0.121. The van der Waals surface area contributed by atoms with E-state index in [0.29, 0.717) is 35.7 Å². The highest BCUT2D eigenvalue weighted by Crippen LogP contribution is 2.17. The minimum atomic E-state index is -0.414. The van der Waals surface area contributed by atoms with Gasteiger partial charge in [0.05, 0.1) is 12.7 Å². The van der Waals surface area contributed by atoms with Crippen molar-refractivity contribution in [1.82, 2.24) is 10.2 Å². The molecule has 0 saturated carbocycles. The standard InChI is InChI=1S/C21H20N4O3/c1-28-21(27)16-8-5-9-17(14-16)22-18-11-12-19(25-24-18)23-20(26)13-10-15-6-3-2-4-7-15/h2-9,11-12,14H,10,13H2,1H3,(H,22,24)(H,23,25,26). The minimum Gasteiger partial charge on any atom is -0.465 e. The van der Waals surface area contributed by atoms with Gasteiger partial charge in [-0.1, -0.05) is 36.4 Å². The van der Waals surface area contributed by atoms with Gasteiger partial charge in [0.2, 0.25) is 5.91 Å². The summed E-state index contributed by atoms with van der Waals surface area (Å²) in [6.07, 6.45) is 1.03. The first-order valence-electron chi connectivity index (χ1n) is 8.77. The molecule has 1 aromatic heterocycles. The van der Waals surface area contributed by atoms with Gasteiger partial charge in [0.1, 0.15) is 0 Å². The number of carbonyl (C=O) groups excluding carboxylic acids is 2. The van der Waals surface area contributed by atoms with E-state index in [-0.39, 0.29) is 5.91 Å². The number of nitrogens with zero attached hydrogens (tertiary/aromatic N) is 2. The van der Waals surface area contributed by atoms with Gasteiger partial charge in [0, 0.05) is 12.1 Å². The molecular formula is C21H20N4O3. The predicted octanol–water partition coefficient (Wildman–Crippen LogP) is 3.58. The average molecular weight is 376 g/mol. The molecule has 0 aliphatic carbocycles. The second kappa shape index (κ2) is 9.27. The summed E-state index contributed by atoms with van der Waals surface area (Å²) in [6, 6.07) is 20.0. The van der Waals surface area contributed by atoms with Crippen molar-refractivity contribution in [2.45, 2.75) is 12.8 Å². The molecule has 2 aromatic carbocycles. The van der Waals surface area contributed by atoms with E-state index in [4.69, 9.17) is 4.74 Å². The average Bonchev–Trinajstić information content (AvgIpc) is 2.74. The van der Waals surface area contributed by atoms with Crippen LogP contribution in [0, 0.1) is 0 Å². The van der Waals surface area contributed by atoms with Crippen molar-refractivity contribution < 1.29 is 14.3 Å². The molecule has 28 heavy (non-hydrogen) atoms. The third kappa shape index (κ3) is 5.38. The number of carbonyl (C=O) groups is 2. The second-order valence-corrected chi connectivity index (χ2v) is 6.03. The molecule has 1 amide bonds. The predicted molar refractivity (Wildman–Crippen MR) is 106 cm³/mol. The van der Waals surface area contributed by atoms with Crippen LogP contribution in [0.15, 0.2) is 66.7 Å². The third-order valence-corrected chi connectivity index (χ3v) is 3.97. The summed E-state index contributed by atoms with van der Waals surface area (Å²) in [4.78, 5) is 23.6. The van der Waals surface area contributed by atoms with Crippen LogP contribution < -0.4 is 10.6 Å². The largest absolute Gasteiger partial charge is 0.465 e. The molecule has 0 saturated heterocycles. The lowest BCUT2D eigenvalue weighted by Crippen LogP contribution is -2.14. The zero-order chi connectivity index (χ0) is 19.8. The number of benzene rings is 2. The number of amides is 1. The van der Waals surface area contributed by atoms with Gasteiger partial charge in [-0.25, -0.2) is 4.79 Å². The van der Waals surface area contributed by atoms with Crippen LogP contribution >= 0.6 is 0 Å². The molecule has 0 atom stereocenters. The van der Waals surface area contributed by atoms with Crippen LogP contribution in [-0.4, -0.2) is 29.2 Å². The van der Waals surface area contributed by atoms with E-state index in [1.54, 1.807) is 36.4 Å². The summed E-state index contributed by atoms with van der Waals surface area (Å²) in [5, 5.41) is 13.8. The van der Waals surface area contributed by atoms with E-state index in [0.717, 1.165) is 5.56 Å². The van der Waals surface area contributed by atoms with Crippen molar-refractivity contribution in [3.63, 3.8) is 0 Å². The zero-order valence-electron chi connectivity index (χ0n) is 15.4. The van der Waals surface area contributed by atoms with Gasteiger partial charge in [0.25, 0.3) is 0 Å². The summed E-state index contributed by atoms with van der Waals surface area (Å²) in [6.45, 7) is 0. The van der Waals surface area contributed by atoms with Crippen molar-refractivity contribution in [2.24, 2.45) is 0 Å². The Labute approximate surface area is 162 Å². The highest BCUT2D eigenvalue weighted by atomic mass is 16.5. The Bertz CT molecular complexity index is 943. The summed E-state index contributed by atoms with van der Waals surface area (Å²) in [5.41, 5.74) is 2.22. The summed E-state index contributed by atoms with van der Waals surface area (Å²) < 4.78 is 4.71. The van der Waals surface area contributed by atoms with Gasteiger partial charge >= 0.3 is 5.97 Å². The van der Waals surface area contributed by atoms with Crippen LogP contribution in [0.4, 0.5) is 17.3 Å². The zero-order valence-corrected chi connectivity index (χ0v) is 15.4. The number of ether oxygens (including phenoxy) is 1. The normalized spacial score (nSPS) is 10.2. The molecule has 1 heterocycles. The van der Waals surface area contributed by atoms with E-state index in [2.05, 4.69) is 20.8 Å². The number of methoxy groups -OCH3 is 1. The fourth-order valence-electron chi connectivity index (χ4n) is 2.56. The topological polar surface area (TPSA) is 93.2 Å². The van der Waals surface area contributed by atoms with Gasteiger partial charge in [-0.3, -0.25) is 4.79 Å². The van der Waals surface area contributed by atoms with Crippen LogP contribution in [0.1, 0.15) is 22.3 Å². The van der Waals surface area contributed by atoms with Gasteiger partial charge < -0.3 is 15.4 Å². The third-order valence-electron chi connectivity index (χ3n) is 3.97. The van der Waals surface area contributed by atoms with Crippen LogP contribution in [0.2, 0.25) is 0 Å². The first kappa shape index (κ1) is 19.0. The van der Waals surface area contributed by atoms with Crippen molar-refractivity contribution >= 4 is 29.2 Å². The number of esters is 1. The number of rotatable bonds is 7. The lowest BCUT2D eigenvalue weighted by Gasteiger charge is -2.08. The molecule has 7 nitrogen and oxygen atoms in total. The van der Waals surface area contributed by atoms with E-state index < -0.39 is 5.97 Å². The van der Waals surface area contributed by atoms with Crippen LogP contribution in [0.5, 0.6) is 0 Å². The quantitative estimate of drug-likeness (QED) is 0.612. The second-order valence-electron chi connectivity index (χ2n) is 6.03. The molecule has 0 fully saturated rings. The number of nitrogens with one attached hydrogen (secondary N) is 2. The summed E-state index contributed by atoms with van der Waals surface area (Å²) in [7, 11) is 1.33. The summed E-state index contributed by atoms with van der Waals surface area (Å²) in [5.74, 6) is 0.337. The Morgan fingerprint density at radius 1 is 0.929 bits per heavy atom. The molecule has 0 spiro atoms. The number of anilines is 3. The van der Waals surface area contributed by atoms with Crippen molar-refractivity contribution in [1.29, 1.82) is 0 Å². The smallest absolute Gasteiger partial charge is 0.337 e. The van der Waals surface area contributed by atoms with E-state index in [9.17, 15) is 9.59 Å². The number of hydrogen-bond acceptors (Lipinski definition) is 6. The Hall–Kier alpha value is -3.74. The molecule has 0 aliphatic heterocycles. The Morgan fingerprint density at radius 2 is 1.68 bits per heavy atom. The number of aryl methyl sites for hydroxylation is 1. The van der Waals surface area contributed by atoms with Gasteiger partial charge in [0.15, 0.2) is 11.6 Å². The molecular weight excluding hydrogens is 356 g/mol. The van der Waals surface area contributed by atoms with Crippen molar-refractivity contribution in [3.05, 3.63) is 77.9 Å². The molecule has 0 radical (unpaired) electrons.